The van der Waals surface area contributed by atoms with E-state index in [4.69, 9.17) is 53.6 Å². The summed E-state index contributed by atoms with van der Waals surface area (Å²) in [5.41, 5.74) is 22.0. The van der Waals surface area contributed by atoms with Gasteiger partial charge in [-0.1, -0.05) is 103 Å². The number of nitrogens with one attached hydrogen (secondary N) is 3. The quantitative estimate of drug-likeness (QED) is 0.0181. The Labute approximate surface area is 668 Å². The number of hydrogen-bond acceptors (Lipinski definition) is 18. The second-order valence-electron chi connectivity index (χ2n) is 25.4. The number of aryl methyl sites for hydroxylation is 4. The molecule has 0 fully saturated rings. The molecule has 0 spiro atoms. The number of benzene rings is 8. The molecule has 0 bridgehead atoms. The van der Waals surface area contributed by atoms with Gasteiger partial charge in [-0.3, -0.25) is 38.4 Å². The minimum Gasteiger partial charge on any atom is -0.508 e. The van der Waals surface area contributed by atoms with Gasteiger partial charge in [0, 0.05) is 114 Å². The van der Waals surface area contributed by atoms with E-state index in [1.165, 1.54) is 44.9 Å². The first-order valence-corrected chi connectivity index (χ1v) is 37.9. The average molecular weight is 1620 g/mol. The van der Waals surface area contributed by atoms with Gasteiger partial charge in [0.1, 0.15) is 54.0 Å². The molecule has 0 unspecified atom stereocenters. The molecule has 2 heterocycles. The lowest BCUT2D eigenvalue weighted by atomic mass is 9.98. The van der Waals surface area contributed by atoms with E-state index in [1.54, 1.807) is 71.4 Å². The predicted molar refractivity (Wildman–Crippen MR) is 441 cm³/mol. The van der Waals surface area contributed by atoms with E-state index in [0.717, 1.165) is 112 Å². The summed E-state index contributed by atoms with van der Waals surface area (Å²) in [5.74, 6) is 0.543. The largest absolute Gasteiger partial charge is 0.508 e. The van der Waals surface area contributed by atoms with Gasteiger partial charge in [0.2, 0.25) is 23.6 Å². The summed E-state index contributed by atoms with van der Waals surface area (Å²) in [6.45, 7) is 23.4. The molecular weight excluding hydrogens is 1520 g/mol. The highest BCUT2D eigenvalue weighted by molar-refractivity contribution is 9.10. The minimum absolute atomic E-state index is 0.0139. The molecule has 10 rings (SSSR count). The molecule has 4 amide bonds. The molecule has 10 aromatic rings. The number of carbonyl (C=O) groups is 8. The van der Waals surface area contributed by atoms with Crippen LogP contribution < -0.4 is 26.4 Å². The minimum atomic E-state index is -0.393. The van der Waals surface area contributed by atoms with E-state index in [-0.39, 0.29) is 73.2 Å². The van der Waals surface area contributed by atoms with Crippen LogP contribution in [0.15, 0.2) is 171 Å². The first-order valence-electron chi connectivity index (χ1n) is 36.5. The van der Waals surface area contributed by atoms with Crippen LogP contribution in [-0.2, 0) is 131 Å². The Morgan fingerprint density at radius 1 is 0.446 bits per heavy atom. The number of amides is 4. The number of aromatic hydroxyl groups is 1. The van der Waals surface area contributed by atoms with Crippen molar-refractivity contribution in [2.24, 2.45) is 5.73 Å². The summed E-state index contributed by atoms with van der Waals surface area (Å²) in [6, 6.07) is 50.5. The van der Waals surface area contributed by atoms with Gasteiger partial charge in [-0.25, -0.2) is 0 Å². The second kappa shape index (κ2) is 47.8. The number of ether oxygens (including phenoxy) is 7. The van der Waals surface area contributed by atoms with Gasteiger partial charge in [0.05, 0.1) is 52.1 Å². The number of alkyl halides is 1. The van der Waals surface area contributed by atoms with Crippen molar-refractivity contribution in [3.05, 3.63) is 229 Å². The number of hydrogen-bond donors (Lipinski definition) is 5. The van der Waals surface area contributed by atoms with Gasteiger partial charge in [0.25, 0.3) is 0 Å². The molecule has 0 saturated carbocycles. The van der Waals surface area contributed by atoms with Crippen LogP contribution in [-0.4, -0.2) is 93.3 Å². The van der Waals surface area contributed by atoms with Gasteiger partial charge >= 0.3 is 23.9 Å². The van der Waals surface area contributed by atoms with Crippen LogP contribution in [0.25, 0.3) is 44.2 Å². The van der Waals surface area contributed by atoms with Gasteiger partial charge in [-0.05, 0) is 183 Å². The average Bonchev–Trinajstić information content (AvgIpc) is 1.70. The Morgan fingerprint density at radius 3 is 1.23 bits per heavy atom. The molecule has 596 valence electrons. The number of fused-ring (bicyclic) bond motifs is 2. The summed E-state index contributed by atoms with van der Waals surface area (Å²) in [5, 5.41) is 19.7. The molecule has 0 atom stereocenters. The molecule has 0 aliphatic heterocycles. The summed E-state index contributed by atoms with van der Waals surface area (Å²) in [6.07, 6.45) is 2.65. The number of nitrogens with two attached hydrogens (primary N) is 1. The SMILES string of the molecule is CC(N)=O.CCOC(=O)Cc1ccc(Br)cc1C.CCOC(=O)Cc1ccc(NC(C)=O)cc1C.CCOC(=O)Cc1ccc(NC(C)=O)cc1O.CCOC(=O)Cc1ccc(NC(C)=O)cc1OCc1cc(-c2cccc(CC)c2)c2oc(COC)cc2c1.CCc1cccc(-c2cc(CCl)cc3cc(COC)oc23)c1. The van der Waals surface area contributed by atoms with Crippen molar-refractivity contribution < 1.29 is 85.5 Å². The molecular formula is C88H102BrClN4O18. The third-order valence-electron chi connectivity index (χ3n) is 16.2. The van der Waals surface area contributed by atoms with E-state index >= 15 is 0 Å². The van der Waals surface area contributed by atoms with Crippen LogP contribution in [0.2, 0.25) is 0 Å². The third-order valence-corrected chi connectivity index (χ3v) is 17.0. The number of rotatable bonds is 27. The summed E-state index contributed by atoms with van der Waals surface area (Å²) in [7, 11) is 3.31. The highest BCUT2D eigenvalue weighted by Gasteiger charge is 2.19. The van der Waals surface area contributed by atoms with Crippen molar-refractivity contribution in [2.75, 3.05) is 56.6 Å². The molecule has 6 N–H and O–H groups in total. The topological polar surface area (TPSA) is 310 Å². The monoisotopic (exact) mass is 1620 g/mol. The van der Waals surface area contributed by atoms with Crippen LogP contribution in [0.5, 0.6) is 11.5 Å². The molecule has 0 aliphatic carbocycles. The number of furan rings is 2. The van der Waals surface area contributed by atoms with Crippen molar-refractivity contribution in [1.82, 2.24) is 0 Å². The third kappa shape index (κ3) is 31.3. The van der Waals surface area contributed by atoms with Gasteiger partial charge < -0.3 is 68.8 Å². The van der Waals surface area contributed by atoms with E-state index in [9.17, 15) is 43.5 Å². The van der Waals surface area contributed by atoms with Crippen LogP contribution in [0.4, 0.5) is 17.1 Å². The normalized spacial score (nSPS) is 10.4. The van der Waals surface area contributed by atoms with E-state index in [2.05, 4.69) is 118 Å². The van der Waals surface area contributed by atoms with Crippen molar-refractivity contribution in [3.63, 3.8) is 0 Å². The van der Waals surface area contributed by atoms with E-state index in [0.29, 0.717) is 80.2 Å². The van der Waals surface area contributed by atoms with E-state index in [1.807, 2.05) is 69.3 Å². The van der Waals surface area contributed by atoms with Gasteiger partial charge in [-0.15, -0.1) is 11.6 Å². The number of esters is 4. The number of anilines is 3. The molecule has 0 aliphatic rings. The summed E-state index contributed by atoms with van der Waals surface area (Å²) >= 11 is 9.44. The lowest BCUT2D eigenvalue weighted by Crippen LogP contribution is -2.10. The molecule has 2 aromatic heterocycles. The van der Waals surface area contributed by atoms with Crippen molar-refractivity contribution >= 4 is 114 Å². The van der Waals surface area contributed by atoms with Crippen LogP contribution in [0.3, 0.4) is 0 Å². The molecule has 0 saturated heterocycles. The fraction of sp³-hybridized carbons (Fsp3) is 0.318. The number of phenolic OH excluding ortho intramolecular Hbond substituents is 1. The van der Waals surface area contributed by atoms with Gasteiger partial charge in [-0.2, -0.15) is 0 Å². The fourth-order valence-electron chi connectivity index (χ4n) is 11.2. The van der Waals surface area contributed by atoms with E-state index < -0.39 is 5.97 Å². The maximum absolute atomic E-state index is 12.2. The number of methoxy groups -OCH3 is 2. The molecule has 112 heavy (non-hydrogen) atoms. The first-order chi connectivity index (χ1) is 53.5. The fourth-order valence-corrected chi connectivity index (χ4v) is 11.9. The smallest absolute Gasteiger partial charge is 0.310 e. The zero-order chi connectivity index (χ0) is 82.4. The van der Waals surface area contributed by atoms with Crippen molar-refractivity contribution in [1.29, 1.82) is 0 Å². The Hall–Kier alpha value is -11.1. The zero-order valence-electron chi connectivity index (χ0n) is 66.1. The Morgan fingerprint density at radius 2 is 0.830 bits per heavy atom. The lowest BCUT2D eigenvalue weighted by Gasteiger charge is -2.14. The lowest BCUT2D eigenvalue weighted by molar-refractivity contribution is -0.143. The zero-order valence-corrected chi connectivity index (χ0v) is 68.5. The van der Waals surface area contributed by atoms with Gasteiger partial charge in [0.15, 0.2) is 0 Å². The predicted octanol–water partition coefficient (Wildman–Crippen LogP) is 17.9. The first kappa shape index (κ1) is 91.5. The Bertz CT molecular complexity index is 4730. The van der Waals surface area contributed by atoms with Crippen molar-refractivity contribution in [2.45, 2.75) is 147 Å². The Kier molecular flexibility index (Phi) is 39.1. The summed E-state index contributed by atoms with van der Waals surface area (Å²) in [4.78, 5) is 88.5. The maximum atomic E-state index is 12.2. The summed E-state index contributed by atoms with van der Waals surface area (Å²) < 4.78 is 49.6. The highest BCUT2D eigenvalue weighted by Crippen LogP contribution is 2.37. The molecule has 24 heteroatoms. The Balaban J connectivity index is 0.000000261. The standard InChI is InChI=1S/C31H33NO6.C19H19ClO2.C13H17NO3.C12H15NO4.C11H13BrO2.C2H5NO/c1-5-21-8-7-9-23(12-21)28-14-22(13-25-15-27(19-35-4)38-31(25)28)18-37-29-17-26(32-20(3)33)11-10-24(29)16-30(34)36-6-2;1-3-13-5-4-6-15(7-13)18-9-14(11-20)8-16-10-17(12-21-2)22-19(16)18;1-4-17-13(16)8-11-5-6-12(7-9(11)2)14-10(3)15;1-3-17-12(16)6-9-4-5-10(7-11(9)15)13-8(2)14;1-3-14-11(13)7-9-4-5-10(12)6-8(9)2;1-2(3)4/h7-15,17H,5-6,16,18-19H2,1-4H3,(H,32,33);4-10H,3,11-12H2,1-2H3;5-7H,4,8H2,1-3H3,(H,14,15);4-5,7,15H,3,6H2,1-2H3,(H,13,14);4-6H,3,7H2,1-2H3;1H3,(H2,3,4). The van der Waals surface area contributed by atoms with Crippen LogP contribution >= 0.6 is 27.5 Å². The number of carbonyl (C=O) groups excluding carboxylic acids is 8. The number of halogens is 2. The molecule has 0 radical (unpaired) electrons. The molecule has 8 aromatic carbocycles. The van der Waals surface area contributed by atoms with Crippen molar-refractivity contribution in [3.8, 4) is 33.8 Å². The van der Waals surface area contributed by atoms with Crippen LogP contribution in [0.1, 0.15) is 136 Å². The van der Waals surface area contributed by atoms with Crippen LogP contribution in [0, 0.1) is 13.8 Å². The highest BCUT2D eigenvalue weighted by atomic mass is 79.9. The molecule has 22 nitrogen and oxygen atoms in total. The number of phenols is 1. The second-order valence-corrected chi connectivity index (χ2v) is 26.6. The maximum Gasteiger partial charge on any atom is 0.310 e. The number of primary amides is 1.